The molecular formula is C12H18N4O4. The SMILES string of the molecule is Cc1nc(CNC(=O)N2CCC(CC(=O)O)CC2)no1. The minimum Gasteiger partial charge on any atom is -0.481 e. The van der Waals surface area contributed by atoms with E-state index in [1.807, 2.05) is 0 Å². The van der Waals surface area contributed by atoms with E-state index in [0.29, 0.717) is 24.8 Å². The maximum Gasteiger partial charge on any atom is 0.317 e. The van der Waals surface area contributed by atoms with Gasteiger partial charge >= 0.3 is 12.0 Å². The molecule has 0 unspecified atom stereocenters. The predicted molar refractivity (Wildman–Crippen MR) is 67.8 cm³/mol. The molecule has 0 bridgehead atoms. The van der Waals surface area contributed by atoms with Gasteiger partial charge in [0.15, 0.2) is 5.82 Å². The number of likely N-dealkylation sites (tertiary alicyclic amines) is 1. The number of carboxylic acid groups (broad SMARTS) is 1. The first-order chi connectivity index (χ1) is 9.54. The summed E-state index contributed by atoms with van der Waals surface area (Å²) in [5, 5.41) is 15.2. The smallest absolute Gasteiger partial charge is 0.317 e. The van der Waals surface area contributed by atoms with Gasteiger partial charge in [0.05, 0.1) is 6.54 Å². The maximum atomic E-state index is 11.9. The molecule has 1 saturated heterocycles. The van der Waals surface area contributed by atoms with Crippen LogP contribution in [0.15, 0.2) is 4.52 Å². The molecule has 2 amide bonds. The number of nitrogens with zero attached hydrogens (tertiary/aromatic N) is 3. The topological polar surface area (TPSA) is 109 Å². The molecule has 1 aromatic rings. The van der Waals surface area contributed by atoms with E-state index in [4.69, 9.17) is 9.63 Å². The number of carbonyl (C=O) groups is 2. The van der Waals surface area contributed by atoms with Crippen molar-refractivity contribution in [1.82, 2.24) is 20.4 Å². The van der Waals surface area contributed by atoms with Gasteiger partial charge in [-0.25, -0.2) is 4.79 Å². The highest BCUT2D eigenvalue weighted by molar-refractivity contribution is 5.74. The molecule has 0 radical (unpaired) electrons. The Morgan fingerprint density at radius 3 is 2.70 bits per heavy atom. The number of hydrogen-bond donors (Lipinski definition) is 2. The lowest BCUT2D eigenvalue weighted by molar-refractivity contribution is -0.138. The zero-order valence-corrected chi connectivity index (χ0v) is 11.3. The normalized spacial score (nSPS) is 16.1. The molecule has 1 aromatic heterocycles. The maximum absolute atomic E-state index is 11.9. The van der Waals surface area contributed by atoms with E-state index in [1.54, 1.807) is 11.8 Å². The second kappa shape index (κ2) is 6.36. The van der Waals surface area contributed by atoms with Gasteiger partial charge in [0.1, 0.15) is 0 Å². The highest BCUT2D eigenvalue weighted by atomic mass is 16.5. The van der Waals surface area contributed by atoms with Crippen LogP contribution in [-0.2, 0) is 11.3 Å². The highest BCUT2D eigenvalue weighted by Crippen LogP contribution is 2.20. The summed E-state index contributed by atoms with van der Waals surface area (Å²) in [5.41, 5.74) is 0. The van der Waals surface area contributed by atoms with Crippen LogP contribution in [0.5, 0.6) is 0 Å². The van der Waals surface area contributed by atoms with Crippen molar-refractivity contribution in [3.63, 3.8) is 0 Å². The molecular weight excluding hydrogens is 264 g/mol. The average molecular weight is 282 g/mol. The first-order valence-corrected chi connectivity index (χ1v) is 6.58. The van der Waals surface area contributed by atoms with Crippen molar-refractivity contribution < 1.29 is 19.2 Å². The summed E-state index contributed by atoms with van der Waals surface area (Å²) in [4.78, 5) is 28.2. The molecule has 1 fully saturated rings. The fraction of sp³-hybridized carbons (Fsp3) is 0.667. The Morgan fingerprint density at radius 1 is 1.45 bits per heavy atom. The Morgan fingerprint density at radius 2 is 2.15 bits per heavy atom. The number of carboxylic acids is 1. The average Bonchev–Trinajstić information content (AvgIpc) is 2.82. The molecule has 20 heavy (non-hydrogen) atoms. The van der Waals surface area contributed by atoms with Gasteiger partial charge in [-0.15, -0.1) is 0 Å². The third kappa shape index (κ3) is 3.94. The third-order valence-electron chi connectivity index (χ3n) is 3.33. The van der Waals surface area contributed by atoms with Crippen molar-refractivity contribution in [2.24, 2.45) is 5.92 Å². The molecule has 2 rings (SSSR count). The summed E-state index contributed by atoms with van der Waals surface area (Å²) >= 11 is 0. The third-order valence-corrected chi connectivity index (χ3v) is 3.33. The van der Waals surface area contributed by atoms with Crippen molar-refractivity contribution in [3.8, 4) is 0 Å². The van der Waals surface area contributed by atoms with Crippen LogP contribution >= 0.6 is 0 Å². The van der Waals surface area contributed by atoms with Crippen LogP contribution < -0.4 is 5.32 Å². The molecule has 8 nitrogen and oxygen atoms in total. The molecule has 1 aliphatic rings. The Balaban J connectivity index is 1.73. The van der Waals surface area contributed by atoms with Gasteiger partial charge < -0.3 is 19.8 Å². The van der Waals surface area contributed by atoms with Crippen LogP contribution in [0.3, 0.4) is 0 Å². The molecule has 2 N–H and O–H groups in total. The lowest BCUT2D eigenvalue weighted by Gasteiger charge is -2.31. The van der Waals surface area contributed by atoms with E-state index in [2.05, 4.69) is 15.5 Å². The molecule has 110 valence electrons. The second-order valence-electron chi connectivity index (χ2n) is 4.92. The van der Waals surface area contributed by atoms with E-state index in [1.165, 1.54) is 0 Å². The molecule has 0 aliphatic carbocycles. The number of rotatable bonds is 4. The molecule has 2 heterocycles. The van der Waals surface area contributed by atoms with E-state index in [9.17, 15) is 9.59 Å². The van der Waals surface area contributed by atoms with Gasteiger partial charge in [-0.1, -0.05) is 5.16 Å². The first kappa shape index (κ1) is 14.3. The van der Waals surface area contributed by atoms with Gasteiger partial charge in [0, 0.05) is 26.4 Å². The van der Waals surface area contributed by atoms with E-state index in [-0.39, 0.29) is 24.9 Å². The van der Waals surface area contributed by atoms with Gasteiger partial charge in [0.25, 0.3) is 0 Å². The van der Waals surface area contributed by atoms with Gasteiger partial charge in [-0.2, -0.15) is 4.98 Å². The van der Waals surface area contributed by atoms with Crippen molar-refractivity contribution in [1.29, 1.82) is 0 Å². The van der Waals surface area contributed by atoms with Crippen molar-refractivity contribution in [2.75, 3.05) is 13.1 Å². The number of carbonyl (C=O) groups excluding carboxylic acids is 1. The quantitative estimate of drug-likeness (QED) is 0.844. The summed E-state index contributed by atoms with van der Waals surface area (Å²) in [6.07, 6.45) is 1.62. The summed E-state index contributed by atoms with van der Waals surface area (Å²) in [6, 6.07) is -0.179. The van der Waals surface area contributed by atoms with Gasteiger partial charge in [-0.3, -0.25) is 4.79 Å². The molecule has 0 aromatic carbocycles. The molecule has 1 aliphatic heterocycles. The molecule has 0 saturated carbocycles. The van der Waals surface area contributed by atoms with Crippen molar-refractivity contribution in [2.45, 2.75) is 32.7 Å². The zero-order chi connectivity index (χ0) is 14.5. The minimum absolute atomic E-state index is 0.163. The fourth-order valence-electron chi connectivity index (χ4n) is 2.27. The number of aromatic nitrogens is 2. The van der Waals surface area contributed by atoms with Crippen molar-refractivity contribution in [3.05, 3.63) is 11.7 Å². The summed E-state index contributed by atoms with van der Waals surface area (Å²) in [5.74, 6) is 0.289. The Labute approximate surface area is 116 Å². The van der Waals surface area contributed by atoms with E-state index >= 15 is 0 Å². The Bertz CT molecular complexity index is 480. The number of urea groups is 1. The number of hydrogen-bond acceptors (Lipinski definition) is 5. The van der Waals surface area contributed by atoms with E-state index in [0.717, 1.165) is 12.8 Å². The number of aryl methyl sites for hydroxylation is 1. The largest absolute Gasteiger partial charge is 0.481 e. The van der Waals surface area contributed by atoms with Gasteiger partial charge in [-0.05, 0) is 18.8 Å². The van der Waals surface area contributed by atoms with Crippen LogP contribution in [0.2, 0.25) is 0 Å². The fourth-order valence-corrected chi connectivity index (χ4v) is 2.27. The number of aliphatic carboxylic acids is 1. The zero-order valence-electron chi connectivity index (χ0n) is 11.3. The predicted octanol–water partition coefficient (Wildman–Crippen LogP) is 0.774. The Hall–Kier alpha value is -2.12. The molecule has 8 heteroatoms. The number of piperidine rings is 1. The van der Waals surface area contributed by atoms with Crippen LogP contribution in [0.25, 0.3) is 0 Å². The van der Waals surface area contributed by atoms with Gasteiger partial charge in [0.2, 0.25) is 5.89 Å². The standard InChI is InChI=1S/C12H18N4O4/c1-8-14-10(15-20-8)7-13-12(19)16-4-2-9(3-5-16)6-11(17)18/h9H,2-7H2,1H3,(H,13,19)(H,17,18). The van der Waals surface area contributed by atoms with Crippen molar-refractivity contribution >= 4 is 12.0 Å². The molecule has 0 atom stereocenters. The Kier molecular flexibility index (Phi) is 4.54. The van der Waals surface area contributed by atoms with Crippen LogP contribution in [0.4, 0.5) is 4.79 Å². The lowest BCUT2D eigenvalue weighted by Crippen LogP contribution is -2.44. The van der Waals surface area contributed by atoms with Crippen LogP contribution in [0, 0.1) is 12.8 Å². The monoisotopic (exact) mass is 282 g/mol. The minimum atomic E-state index is -0.777. The molecule has 0 spiro atoms. The number of amides is 2. The summed E-state index contributed by atoms with van der Waals surface area (Å²) in [6.45, 7) is 3.07. The lowest BCUT2D eigenvalue weighted by atomic mass is 9.94. The highest BCUT2D eigenvalue weighted by Gasteiger charge is 2.24. The van der Waals surface area contributed by atoms with E-state index < -0.39 is 5.97 Å². The van der Waals surface area contributed by atoms with Crippen LogP contribution in [-0.4, -0.2) is 45.2 Å². The summed E-state index contributed by atoms with van der Waals surface area (Å²) in [7, 11) is 0. The summed E-state index contributed by atoms with van der Waals surface area (Å²) < 4.78 is 4.81. The number of nitrogens with one attached hydrogen (secondary N) is 1. The first-order valence-electron chi connectivity index (χ1n) is 6.58. The second-order valence-corrected chi connectivity index (χ2v) is 4.92. The van der Waals surface area contributed by atoms with Crippen LogP contribution in [0.1, 0.15) is 31.0 Å².